The first-order valence-electron chi connectivity index (χ1n) is 5.83. The van der Waals surface area contributed by atoms with Crippen LogP contribution < -0.4 is 5.73 Å². The first kappa shape index (κ1) is 15.1. The van der Waals surface area contributed by atoms with Crippen LogP contribution in [-0.4, -0.2) is 34.7 Å². The molecule has 2 N–H and O–H groups in total. The maximum Gasteiger partial charge on any atom is 0.217 e. The van der Waals surface area contributed by atoms with Gasteiger partial charge in [-0.25, -0.2) is 0 Å². The van der Waals surface area contributed by atoms with E-state index in [9.17, 15) is 9.59 Å². The molecule has 1 unspecified atom stereocenters. The molecule has 0 aromatic carbocycles. The topological polar surface area (TPSA) is 63.4 Å². The molecule has 4 heteroatoms. The molecule has 0 saturated heterocycles. The lowest BCUT2D eigenvalue weighted by Gasteiger charge is -2.36. The molecule has 1 atom stereocenters. The monoisotopic (exact) mass is 228 g/mol. The van der Waals surface area contributed by atoms with Crippen molar-refractivity contribution in [3.63, 3.8) is 0 Å². The fraction of sp³-hybridized carbons (Fsp3) is 0.833. The van der Waals surface area contributed by atoms with Crippen molar-refractivity contribution in [2.24, 2.45) is 5.73 Å². The molecule has 0 aliphatic carbocycles. The van der Waals surface area contributed by atoms with Crippen LogP contribution in [0.15, 0.2) is 0 Å². The molecule has 94 valence electrons. The van der Waals surface area contributed by atoms with E-state index in [-0.39, 0.29) is 36.2 Å². The largest absolute Gasteiger partial charge is 0.370 e. The molecule has 0 saturated carbocycles. The van der Waals surface area contributed by atoms with Crippen LogP contribution in [0.25, 0.3) is 0 Å². The third-order valence-corrected chi connectivity index (χ3v) is 2.69. The molecular formula is C12H24N2O2. The van der Waals surface area contributed by atoms with Gasteiger partial charge in [0, 0.05) is 18.5 Å². The zero-order chi connectivity index (χ0) is 12.9. The molecule has 4 nitrogen and oxygen atoms in total. The third-order valence-electron chi connectivity index (χ3n) is 2.69. The van der Waals surface area contributed by atoms with Gasteiger partial charge < -0.3 is 5.73 Å². The van der Waals surface area contributed by atoms with Gasteiger partial charge in [-0.15, -0.1) is 0 Å². The van der Waals surface area contributed by atoms with Crippen molar-refractivity contribution in [3.8, 4) is 0 Å². The number of ketones is 1. The molecule has 0 rings (SSSR count). The highest BCUT2D eigenvalue weighted by Gasteiger charge is 2.27. The summed E-state index contributed by atoms with van der Waals surface area (Å²) in [7, 11) is 0. The summed E-state index contributed by atoms with van der Waals surface area (Å²) in [4.78, 5) is 24.5. The quantitative estimate of drug-likeness (QED) is 0.715. The van der Waals surface area contributed by atoms with E-state index in [1.807, 2.05) is 0 Å². The predicted octanol–water partition coefficient (Wildman–Crippen LogP) is 1.33. The Labute approximate surface area is 98.2 Å². The smallest absolute Gasteiger partial charge is 0.217 e. The number of carbonyl (C=O) groups excluding carboxylic acids is 2. The number of nitrogens with two attached hydrogens (primary N) is 1. The number of rotatable bonds is 7. The Morgan fingerprint density at radius 2 is 1.56 bits per heavy atom. The number of nitrogens with zero attached hydrogens (tertiary/aromatic N) is 1. The second-order valence-electron chi connectivity index (χ2n) is 4.77. The minimum absolute atomic E-state index is 0.101. The molecule has 0 bridgehead atoms. The second-order valence-corrected chi connectivity index (χ2v) is 4.77. The van der Waals surface area contributed by atoms with E-state index in [0.717, 1.165) is 0 Å². The highest BCUT2D eigenvalue weighted by atomic mass is 16.1. The van der Waals surface area contributed by atoms with Gasteiger partial charge in [0.1, 0.15) is 5.78 Å². The van der Waals surface area contributed by atoms with Gasteiger partial charge in [0.2, 0.25) is 5.91 Å². The van der Waals surface area contributed by atoms with Gasteiger partial charge in [0.15, 0.2) is 0 Å². The average molecular weight is 228 g/mol. The zero-order valence-electron chi connectivity index (χ0n) is 11.0. The van der Waals surface area contributed by atoms with Crippen molar-refractivity contribution in [1.82, 2.24) is 4.90 Å². The lowest BCUT2D eigenvalue weighted by molar-refractivity contribution is -0.124. The summed E-state index contributed by atoms with van der Waals surface area (Å²) in [5, 5.41) is 0. The van der Waals surface area contributed by atoms with Gasteiger partial charge in [-0.05, 0) is 41.0 Å². The number of amides is 1. The van der Waals surface area contributed by atoms with Gasteiger partial charge in [0.25, 0.3) is 0 Å². The average Bonchev–Trinajstić information content (AvgIpc) is 2.09. The molecule has 1 amide bonds. The SMILES string of the molecule is CC(=O)C(CCC(N)=O)N(C(C)C)C(C)C. The van der Waals surface area contributed by atoms with Crippen molar-refractivity contribution in [2.75, 3.05) is 0 Å². The fourth-order valence-electron chi connectivity index (χ4n) is 2.16. The Kier molecular flexibility index (Phi) is 6.26. The van der Waals surface area contributed by atoms with E-state index < -0.39 is 0 Å². The Morgan fingerprint density at radius 3 is 1.81 bits per heavy atom. The van der Waals surface area contributed by atoms with Crippen molar-refractivity contribution < 1.29 is 9.59 Å². The predicted molar refractivity (Wildman–Crippen MR) is 65.0 cm³/mol. The molecule has 0 aliphatic rings. The third kappa shape index (κ3) is 4.75. The Hall–Kier alpha value is -0.900. The second kappa shape index (κ2) is 6.63. The van der Waals surface area contributed by atoms with E-state index in [2.05, 4.69) is 32.6 Å². The summed E-state index contributed by atoms with van der Waals surface area (Å²) in [6.07, 6.45) is 0.779. The highest BCUT2D eigenvalue weighted by molar-refractivity contribution is 5.82. The Morgan fingerprint density at radius 1 is 1.12 bits per heavy atom. The summed E-state index contributed by atoms with van der Waals surface area (Å²) in [6.45, 7) is 9.80. The molecule has 0 radical (unpaired) electrons. The lowest BCUT2D eigenvalue weighted by atomic mass is 10.0. The maximum absolute atomic E-state index is 11.6. The van der Waals surface area contributed by atoms with Gasteiger partial charge in [-0.3, -0.25) is 14.5 Å². The summed E-state index contributed by atoms with van der Waals surface area (Å²) in [5.41, 5.74) is 5.12. The molecular weight excluding hydrogens is 204 g/mol. The number of Topliss-reactive ketones (excluding diaryl/α,β-unsaturated/α-hetero) is 1. The van der Waals surface area contributed by atoms with Crippen LogP contribution in [0.5, 0.6) is 0 Å². The summed E-state index contributed by atoms with van der Waals surface area (Å²) in [6, 6.07) is 0.357. The van der Waals surface area contributed by atoms with Gasteiger partial charge in [-0.1, -0.05) is 0 Å². The van der Waals surface area contributed by atoms with E-state index in [4.69, 9.17) is 5.73 Å². The maximum atomic E-state index is 11.6. The summed E-state index contributed by atoms with van der Waals surface area (Å²) in [5.74, 6) is -0.248. The Balaban J connectivity index is 4.71. The van der Waals surface area contributed by atoms with Gasteiger partial charge in [-0.2, -0.15) is 0 Å². The molecule has 0 aliphatic heterocycles. The van der Waals surface area contributed by atoms with Crippen LogP contribution in [0, 0.1) is 0 Å². The number of hydrogen-bond acceptors (Lipinski definition) is 3. The lowest BCUT2D eigenvalue weighted by Crippen LogP contribution is -2.48. The first-order chi connectivity index (χ1) is 7.27. The van der Waals surface area contributed by atoms with E-state index in [0.29, 0.717) is 6.42 Å². The zero-order valence-corrected chi connectivity index (χ0v) is 11.0. The van der Waals surface area contributed by atoms with Gasteiger partial charge >= 0.3 is 0 Å². The van der Waals surface area contributed by atoms with Crippen molar-refractivity contribution in [2.45, 2.75) is 65.6 Å². The van der Waals surface area contributed by atoms with Crippen molar-refractivity contribution in [1.29, 1.82) is 0 Å². The number of hydrogen-bond donors (Lipinski definition) is 1. The molecule has 16 heavy (non-hydrogen) atoms. The summed E-state index contributed by atoms with van der Waals surface area (Å²) >= 11 is 0. The van der Waals surface area contributed by atoms with Crippen molar-refractivity contribution >= 4 is 11.7 Å². The van der Waals surface area contributed by atoms with Crippen molar-refractivity contribution in [3.05, 3.63) is 0 Å². The normalized spacial score (nSPS) is 13.5. The highest BCUT2D eigenvalue weighted by Crippen LogP contribution is 2.16. The van der Waals surface area contributed by atoms with Crippen LogP contribution in [0.4, 0.5) is 0 Å². The van der Waals surface area contributed by atoms with Crippen LogP contribution in [0.2, 0.25) is 0 Å². The standard InChI is InChI=1S/C12H24N2O2/c1-8(2)14(9(3)4)11(10(5)15)6-7-12(13)16/h8-9,11H,6-7H2,1-5H3,(H2,13,16). The van der Waals surface area contributed by atoms with Crippen LogP contribution in [-0.2, 0) is 9.59 Å². The molecule has 0 spiro atoms. The summed E-state index contributed by atoms with van der Waals surface area (Å²) < 4.78 is 0. The molecule has 0 aromatic heterocycles. The van der Waals surface area contributed by atoms with E-state index in [1.165, 1.54) is 0 Å². The fourth-order valence-corrected chi connectivity index (χ4v) is 2.16. The van der Waals surface area contributed by atoms with Crippen LogP contribution in [0.3, 0.4) is 0 Å². The van der Waals surface area contributed by atoms with Gasteiger partial charge in [0.05, 0.1) is 6.04 Å². The molecule has 0 aromatic rings. The number of primary amides is 1. The van der Waals surface area contributed by atoms with Crippen LogP contribution >= 0.6 is 0 Å². The minimum atomic E-state index is -0.348. The number of carbonyl (C=O) groups is 2. The molecule has 0 heterocycles. The van der Waals surface area contributed by atoms with E-state index >= 15 is 0 Å². The van der Waals surface area contributed by atoms with Crippen LogP contribution in [0.1, 0.15) is 47.5 Å². The molecule has 0 fully saturated rings. The minimum Gasteiger partial charge on any atom is -0.370 e. The van der Waals surface area contributed by atoms with E-state index in [1.54, 1.807) is 6.92 Å². The first-order valence-corrected chi connectivity index (χ1v) is 5.83. The Bertz CT molecular complexity index is 241.